The van der Waals surface area contributed by atoms with E-state index in [-0.39, 0.29) is 0 Å². The van der Waals surface area contributed by atoms with Crippen LogP contribution in [0.2, 0.25) is 0 Å². The Morgan fingerprint density at radius 2 is 2.00 bits per heavy atom. The normalized spacial score (nSPS) is 11.5. The van der Waals surface area contributed by atoms with Crippen LogP contribution in [0.1, 0.15) is 11.1 Å². The molecular weight excluding hydrogens is 334 g/mol. The third-order valence-electron chi connectivity index (χ3n) is 3.14. The van der Waals surface area contributed by atoms with Crippen molar-refractivity contribution in [3.63, 3.8) is 0 Å². The average molecular weight is 355 g/mol. The second kappa shape index (κ2) is 10.2. The Hall–Kier alpha value is -2.73. The van der Waals surface area contributed by atoms with Gasteiger partial charge in [0.2, 0.25) is 0 Å². The summed E-state index contributed by atoms with van der Waals surface area (Å²) in [5, 5.41) is 8.45. The number of hydrogen-bond donors (Lipinski definition) is 1. The van der Waals surface area contributed by atoms with Crippen LogP contribution in [-0.2, 0) is 5.75 Å². The van der Waals surface area contributed by atoms with Gasteiger partial charge in [-0.25, -0.2) is 0 Å². The van der Waals surface area contributed by atoms with Crippen LogP contribution in [0, 0.1) is 0 Å². The summed E-state index contributed by atoms with van der Waals surface area (Å²) in [6.07, 6.45) is 3.30. The summed E-state index contributed by atoms with van der Waals surface area (Å²) in [6, 6.07) is 15.6. The Kier molecular flexibility index (Phi) is 7.59. The van der Waals surface area contributed by atoms with Gasteiger partial charge in [0, 0.05) is 5.75 Å². The molecule has 0 atom stereocenters. The van der Waals surface area contributed by atoms with Gasteiger partial charge in [0.05, 0.1) is 13.3 Å². The molecule has 0 fully saturated rings. The van der Waals surface area contributed by atoms with Crippen molar-refractivity contribution in [1.82, 2.24) is 0 Å². The molecule has 0 aromatic heterocycles. The summed E-state index contributed by atoms with van der Waals surface area (Å²) in [7, 11) is 1.60. The summed E-state index contributed by atoms with van der Waals surface area (Å²) in [5.41, 5.74) is 7.90. The van der Waals surface area contributed by atoms with E-state index in [1.165, 1.54) is 17.3 Å². The quantitative estimate of drug-likeness (QED) is 0.338. The molecule has 0 saturated carbocycles. The maximum Gasteiger partial charge on any atom is 0.180 e. The number of thioether (sulfide) groups is 1. The highest BCUT2D eigenvalue weighted by Crippen LogP contribution is 2.27. The van der Waals surface area contributed by atoms with E-state index in [2.05, 4.69) is 16.8 Å². The van der Waals surface area contributed by atoms with Crippen molar-refractivity contribution in [3.05, 3.63) is 72.3 Å². The number of benzene rings is 2. The highest BCUT2D eigenvalue weighted by molar-refractivity contribution is 8.13. The molecule has 2 rings (SSSR count). The Morgan fingerprint density at radius 3 is 2.72 bits per heavy atom. The molecule has 0 aliphatic rings. The van der Waals surface area contributed by atoms with E-state index in [0.717, 1.165) is 11.3 Å². The van der Waals surface area contributed by atoms with Crippen molar-refractivity contribution < 1.29 is 9.47 Å². The Morgan fingerprint density at radius 1 is 1.20 bits per heavy atom. The van der Waals surface area contributed by atoms with E-state index in [1.807, 2.05) is 48.5 Å². The van der Waals surface area contributed by atoms with E-state index in [0.29, 0.717) is 23.3 Å². The molecule has 0 bridgehead atoms. The lowest BCUT2D eigenvalue weighted by Crippen LogP contribution is -2.06. The second-order valence-electron chi connectivity index (χ2n) is 4.97. The first kappa shape index (κ1) is 18.6. The maximum atomic E-state index is 5.87. The molecule has 5 nitrogen and oxygen atoms in total. The van der Waals surface area contributed by atoms with E-state index in [1.54, 1.807) is 19.4 Å². The lowest BCUT2D eigenvalue weighted by molar-refractivity contribution is 0.326. The summed E-state index contributed by atoms with van der Waals surface area (Å²) < 4.78 is 10.8. The van der Waals surface area contributed by atoms with Gasteiger partial charge in [-0.1, -0.05) is 54.7 Å². The predicted molar refractivity (Wildman–Crippen MR) is 106 cm³/mol. The summed E-state index contributed by atoms with van der Waals surface area (Å²) in [6.45, 7) is 4.04. The van der Waals surface area contributed by atoms with Gasteiger partial charge in [0.15, 0.2) is 16.7 Å². The second-order valence-corrected chi connectivity index (χ2v) is 5.96. The molecule has 2 N–H and O–H groups in total. The first-order valence-corrected chi connectivity index (χ1v) is 8.66. The molecule has 0 radical (unpaired) electrons. The molecule has 2 aromatic rings. The van der Waals surface area contributed by atoms with Crippen LogP contribution in [0.25, 0.3) is 0 Å². The van der Waals surface area contributed by atoms with Gasteiger partial charge in [-0.15, -0.1) is 5.10 Å². The van der Waals surface area contributed by atoms with E-state index in [4.69, 9.17) is 15.2 Å². The molecule has 0 amide bonds. The monoisotopic (exact) mass is 355 g/mol. The first-order chi connectivity index (χ1) is 12.2. The fraction of sp³-hybridized carbons (Fsp3) is 0.158. The minimum atomic E-state index is 0.401. The molecule has 2 aromatic carbocycles. The Balaban J connectivity index is 1.96. The molecule has 0 saturated heterocycles. The fourth-order valence-electron chi connectivity index (χ4n) is 1.95. The largest absolute Gasteiger partial charge is 0.493 e. The smallest absolute Gasteiger partial charge is 0.180 e. The van der Waals surface area contributed by atoms with Crippen LogP contribution in [0.4, 0.5) is 0 Å². The molecule has 0 heterocycles. The van der Waals surface area contributed by atoms with Crippen LogP contribution in [0.3, 0.4) is 0 Å². The zero-order chi connectivity index (χ0) is 17.9. The molecule has 0 unspecified atom stereocenters. The first-order valence-electron chi connectivity index (χ1n) is 7.68. The molecule has 130 valence electrons. The molecule has 0 aliphatic heterocycles. The fourth-order valence-corrected chi connectivity index (χ4v) is 2.56. The third kappa shape index (κ3) is 6.35. The molecule has 0 aliphatic carbocycles. The standard InChI is InChI=1S/C19H21N3O2S/c1-3-11-24-18-12-16(9-10-17(18)23-2)13-21-22-19(20)25-14-15-7-5-4-6-8-15/h3-10,12-13H,1,11,14H2,2H3,(H2,20,22). The van der Waals surface area contributed by atoms with Crippen molar-refractivity contribution in [2.24, 2.45) is 15.9 Å². The number of nitrogens with two attached hydrogens (primary N) is 1. The number of amidine groups is 1. The maximum absolute atomic E-state index is 5.87. The van der Waals surface area contributed by atoms with Gasteiger partial charge in [0.25, 0.3) is 0 Å². The number of nitrogens with zero attached hydrogens (tertiary/aromatic N) is 2. The Labute approximate surface area is 152 Å². The van der Waals surface area contributed by atoms with Crippen LogP contribution >= 0.6 is 11.8 Å². The summed E-state index contributed by atoms with van der Waals surface area (Å²) in [5.74, 6) is 2.04. The molecular formula is C19H21N3O2S. The lowest BCUT2D eigenvalue weighted by atomic mass is 10.2. The van der Waals surface area contributed by atoms with E-state index in [9.17, 15) is 0 Å². The van der Waals surface area contributed by atoms with Crippen molar-refractivity contribution in [2.75, 3.05) is 13.7 Å². The van der Waals surface area contributed by atoms with Gasteiger partial charge >= 0.3 is 0 Å². The van der Waals surface area contributed by atoms with Crippen molar-refractivity contribution in [3.8, 4) is 11.5 Å². The molecule has 0 spiro atoms. The minimum Gasteiger partial charge on any atom is -0.493 e. The lowest BCUT2D eigenvalue weighted by Gasteiger charge is -2.09. The van der Waals surface area contributed by atoms with Crippen LogP contribution < -0.4 is 15.2 Å². The van der Waals surface area contributed by atoms with E-state index < -0.39 is 0 Å². The SMILES string of the molecule is C=CCOc1cc(C=NN=C(N)SCc2ccccc2)ccc1OC. The van der Waals surface area contributed by atoms with Gasteiger partial charge < -0.3 is 15.2 Å². The number of methoxy groups -OCH3 is 1. The highest BCUT2D eigenvalue weighted by Gasteiger charge is 2.04. The van der Waals surface area contributed by atoms with Crippen molar-refractivity contribution in [1.29, 1.82) is 0 Å². The number of rotatable bonds is 8. The zero-order valence-electron chi connectivity index (χ0n) is 14.1. The van der Waals surface area contributed by atoms with Crippen molar-refractivity contribution in [2.45, 2.75) is 5.75 Å². The van der Waals surface area contributed by atoms with Gasteiger partial charge in [-0.2, -0.15) is 5.10 Å². The third-order valence-corrected chi connectivity index (χ3v) is 3.99. The Bertz CT molecular complexity index is 746. The highest BCUT2D eigenvalue weighted by atomic mass is 32.2. The summed E-state index contributed by atoms with van der Waals surface area (Å²) in [4.78, 5) is 0. The van der Waals surface area contributed by atoms with E-state index >= 15 is 0 Å². The minimum absolute atomic E-state index is 0.401. The predicted octanol–water partition coefficient (Wildman–Crippen LogP) is 3.84. The van der Waals surface area contributed by atoms with Crippen LogP contribution in [0.15, 0.2) is 71.4 Å². The average Bonchev–Trinajstić information content (AvgIpc) is 2.65. The molecule has 6 heteroatoms. The van der Waals surface area contributed by atoms with Crippen LogP contribution in [-0.4, -0.2) is 25.1 Å². The number of hydrogen-bond acceptors (Lipinski definition) is 5. The zero-order valence-corrected chi connectivity index (χ0v) is 14.9. The number of ether oxygens (including phenoxy) is 2. The van der Waals surface area contributed by atoms with Gasteiger partial charge in [0.1, 0.15) is 6.61 Å². The van der Waals surface area contributed by atoms with Gasteiger partial charge in [-0.05, 0) is 29.3 Å². The van der Waals surface area contributed by atoms with Gasteiger partial charge in [-0.3, -0.25) is 0 Å². The topological polar surface area (TPSA) is 69.2 Å². The van der Waals surface area contributed by atoms with Crippen LogP contribution in [0.5, 0.6) is 11.5 Å². The molecule has 25 heavy (non-hydrogen) atoms. The summed E-state index contributed by atoms with van der Waals surface area (Å²) >= 11 is 1.44. The van der Waals surface area contributed by atoms with Crippen molar-refractivity contribution >= 4 is 23.1 Å².